The Morgan fingerprint density at radius 1 is 1.38 bits per heavy atom. The van der Waals surface area contributed by atoms with Gasteiger partial charge in [0.1, 0.15) is 12.4 Å². The highest BCUT2D eigenvalue weighted by Crippen LogP contribution is 2.28. The summed E-state index contributed by atoms with van der Waals surface area (Å²) in [4.78, 5) is 4.72. The molecule has 150 valence electrons. The number of rotatable bonds is 9. The van der Waals surface area contributed by atoms with Crippen LogP contribution in [-0.4, -0.2) is 58.0 Å². The summed E-state index contributed by atoms with van der Waals surface area (Å²) in [6, 6.07) is 0.497. The second-order valence-electron chi connectivity index (χ2n) is 6.38. The molecule has 2 rings (SSSR count). The SMILES string of the molecule is CCOCCCNC(=NCc1nnc(C)n1C)NC1CCC(SC)C1.I. The molecule has 0 amide bonds. The van der Waals surface area contributed by atoms with Crippen LogP contribution in [0, 0.1) is 6.92 Å². The Bertz CT molecular complexity index is 553. The number of nitrogens with one attached hydrogen (secondary N) is 2. The molecule has 1 aromatic heterocycles. The summed E-state index contributed by atoms with van der Waals surface area (Å²) in [5.74, 6) is 2.65. The fourth-order valence-electron chi connectivity index (χ4n) is 2.90. The minimum Gasteiger partial charge on any atom is -0.382 e. The number of hydrogen-bond acceptors (Lipinski definition) is 5. The van der Waals surface area contributed by atoms with Gasteiger partial charge in [-0.1, -0.05) is 0 Å². The number of aromatic nitrogens is 3. The van der Waals surface area contributed by atoms with Crippen LogP contribution in [0.15, 0.2) is 4.99 Å². The molecule has 9 heteroatoms. The standard InChI is InChI=1S/C17H32N6OS.HI/c1-5-24-10-6-9-18-17(20-14-7-8-15(11-14)25-4)19-12-16-22-21-13(2)23(16)3;/h14-15H,5-12H2,1-4H3,(H2,18,19,20);1H. The molecular formula is C17H33IN6OS. The Balaban J connectivity index is 0.00000338. The first kappa shape index (κ1) is 23.5. The lowest BCUT2D eigenvalue weighted by Crippen LogP contribution is -2.43. The Kier molecular flexibility index (Phi) is 11.5. The van der Waals surface area contributed by atoms with Crippen molar-refractivity contribution in [1.29, 1.82) is 0 Å². The molecule has 1 heterocycles. The van der Waals surface area contributed by atoms with E-state index in [0.717, 1.165) is 49.0 Å². The maximum absolute atomic E-state index is 5.40. The third kappa shape index (κ3) is 7.59. The smallest absolute Gasteiger partial charge is 0.191 e. The molecule has 0 aliphatic heterocycles. The van der Waals surface area contributed by atoms with Gasteiger partial charge in [0, 0.05) is 38.1 Å². The van der Waals surface area contributed by atoms with E-state index in [1.54, 1.807) is 0 Å². The molecule has 2 atom stereocenters. The zero-order valence-corrected chi connectivity index (χ0v) is 19.5. The molecule has 0 spiro atoms. The van der Waals surface area contributed by atoms with E-state index in [4.69, 9.17) is 9.73 Å². The van der Waals surface area contributed by atoms with E-state index < -0.39 is 0 Å². The summed E-state index contributed by atoms with van der Waals surface area (Å²) >= 11 is 1.97. The lowest BCUT2D eigenvalue weighted by Gasteiger charge is -2.18. The molecule has 1 aliphatic rings. The minimum absolute atomic E-state index is 0. The number of nitrogens with zero attached hydrogens (tertiary/aromatic N) is 4. The summed E-state index contributed by atoms with van der Waals surface area (Å²) in [7, 11) is 1.98. The predicted octanol–water partition coefficient (Wildman–Crippen LogP) is 2.49. The number of halogens is 1. The molecule has 0 aromatic carbocycles. The summed E-state index contributed by atoms with van der Waals surface area (Å²) in [6.07, 6.45) is 6.84. The summed E-state index contributed by atoms with van der Waals surface area (Å²) in [5.41, 5.74) is 0. The molecule has 1 saturated carbocycles. The monoisotopic (exact) mass is 496 g/mol. The molecule has 1 fully saturated rings. The third-order valence-electron chi connectivity index (χ3n) is 4.58. The van der Waals surface area contributed by atoms with Gasteiger partial charge in [-0.25, -0.2) is 4.99 Å². The average molecular weight is 496 g/mol. The topological polar surface area (TPSA) is 76.4 Å². The summed E-state index contributed by atoms with van der Waals surface area (Å²) in [5, 5.41) is 16.1. The maximum Gasteiger partial charge on any atom is 0.191 e. The Labute approximate surface area is 178 Å². The number of hydrogen-bond donors (Lipinski definition) is 2. The average Bonchev–Trinajstić information content (AvgIpc) is 3.20. The normalized spacial score (nSPS) is 20.1. The Morgan fingerprint density at radius 2 is 2.19 bits per heavy atom. The van der Waals surface area contributed by atoms with E-state index >= 15 is 0 Å². The van der Waals surface area contributed by atoms with E-state index in [-0.39, 0.29) is 24.0 Å². The van der Waals surface area contributed by atoms with Crippen LogP contribution >= 0.6 is 35.7 Å². The van der Waals surface area contributed by atoms with Crippen molar-refractivity contribution in [3.05, 3.63) is 11.6 Å². The van der Waals surface area contributed by atoms with Gasteiger partial charge in [0.25, 0.3) is 0 Å². The molecule has 0 saturated heterocycles. The van der Waals surface area contributed by atoms with Crippen LogP contribution < -0.4 is 10.6 Å². The van der Waals surface area contributed by atoms with Crippen LogP contribution in [0.2, 0.25) is 0 Å². The lowest BCUT2D eigenvalue weighted by atomic mass is 10.2. The van der Waals surface area contributed by atoms with E-state index in [1.807, 2.05) is 37.2 Å². The lowest BCUT2D eigenvalue weighted by molar-refractivity contribution is 0.145. The Morgan fingerprint density at radius 3 is 2.81 bits per heavy atom. The van der Waals surface area contributed by atoms with Crippen molar-refractivity contribution in [3.63, 3.8) is 0 Å². The van der Waals surface area contributed by atoms with Crippen molar-refractivity contribution < 1.29 is 4.74 Å². The van der Waals surface area contributed by atoms with Gasteiger partial charge < -0.3 is 19.9 Å². The van der Waals surface area contributed by atoms with Crippen LogP contribution in [0.1, 0.15) is 44.3 Å². The molecule has 0 bridgehead atoms. The maximum atomic E-state index is 5.40. The van der Waals surface area contributed by atoms with Crippen molar-refractivity contribution in [2.45, 2.75) is 57.4 Å². The van der Waals surface area contributed by atoms with Gasteiger partial charge in [0.05, 0.1) is 0 Å². The molecule has 0 radical (unpaired) electrons. The number of guanidine groups is 1. The van der Waals surface area contributed by atoms with Crippen LogP contribution in [0.5, 0.6) is 0 Å². The van der Waals surface area contributed by atoms with Crippen LogP contribution in [0.4, 0.5) is 0 Å². The van der Waals surface area contributed by atoms with E-state index in [2.05, 4.69) is 27.1 Å². The van der Waals surface area contributed by atoms with Gasteiger partial charge in [0.15, 0.2) is 11.8 Å². The first-order valence-corrected chi connectivity index (χ1v) is 10.4. The third-order valence-corrected chi connectivity index (χ3v) is 5.68. The fourth-order valence-corrected chi connectivity index (χ4v) is 3.69. The quantitative estimate of drug-likeness (QED) is 0.237. The number of aryl methyl sites for hydroxylation is 1. The highest BCUT2D eigenvalue weighted by Gasteiger charge is 2.24. The van der Waals surface area contributed by atoms with Crippen molar-refractivity contribution in [2.75, 3.05) is 26.0 Å². The zero-order chi connectivity index (χ0) is 18.1. The van der Waals surface area contributed by atoms with Gasteiger partial charge in [-0.15, -0.1) is 34.2 Å². The van der Waals surface area contributed by atoms with Gasteiger partial charge >= 0.3 is 0 Å². The van der Waals surface area contributed by atoms with E-state index in [9.17, 15) is 0 Å². The first-order chi connectivity index (χ1) is 12.1. The van der Waals surface area contributed by atoms with Gasteiger partial charge in [-0.05, 0) is 45.8 Å². The highest BCUT2D eigenvalue weighted by molar-refractivity contribution is 14.0. The van der Waals surface area contributed by atoms with Crippen molar-refractivity contribution >= 4 is 41.7 Å². The number of aliphatic imine (C=N–C) groups is 1. The van der Waals surface area contributed by atoms with Gasteiger partial charge in [-0.2, -0.15) is 11.8 Å². The van der Waals surface area contributed by atoms with Crippen molar-refractivity contribution in [3.8, 4) is 0 Å². The number of ether oxygens (including phenoxy) is 1. The second kappa shape index (κ2) is 12.8. The van der Waals surface area contributed by atoms with Crippen molar-refractivity contribution in [2.24, 2.45) is 12.0 Å². The van der Waals surface area contributed by atoms with Crippen molar-refractivity contribution in [1.82, 2.24) is 25.4 Å². The fraction of sp³-hybridized carbons (Fsp3) is 0.824. The summed E-state index contributed by atoms with van der Waals surface area (Å²) in [6.45, 7) is 6.89. The Hall–Kier alpha value is -0.550. The van der Waals surface area contributed by atoms with E-state index in [1.165, 1.54) is 19.3 Å². The molecule has 26 heavy (non-hydrogen) atoms. The molecular weight excluding hydrogens is 463 g/mol. The molecule has 7 nitrogen and oxygen atoms in total. The highest BCUT2D eigenvalue weighted by atomic mass is 127. The van der Waals surface area contributed by atoms with E-state index in [0.29, 0.717) is 12.6 Å². The molecule has 1 aromatic rings. The largest absolute Gasteiger partial charge is 0.382 e. The summed E-state index contributed by atoms with van der Waals surface area (Å²) < 4.78 is 7.38. The minimum atomic E-state index is 0. The van der Waals surface area contributed by atoms with Crippen LogP contribution in [0.3, 0.4) is 0 Å². The molecule has 2 unspecified atom stereocenters. The zero-order valence-electron chi connectivity index (χ0n) is 16.3. The van der Waals surface area contributed by atoms with Crippen LogP contribution in [-0.2, 0) is 18.3 Å². The second-order valence-corrected chi connectivity index (χ2v) is 7.51. The molecule has 2 N–H and O–H groups in total. The molecule has 1 aliphatic carbocycles. The number of thioether (sulfide) groups is 1. The van der Waals surface area contributed by atoms with Gasteiger partial charge in [-0.3, -0.25) is 0 Å². The first-order valence-electron chi connectivity index (χ1n) is 9.14. The van der Waals surface area contributed by atoms with Crippen LogP contribution in [0.25, 0.3) is 0 Å². The predicted molar refractivity (Wildman–Crippen MR) is 119 cm³/mol. The van der Waals surface area contributed by atoms with Gasteiger partial charge in [0.2, 0.25) is 0 Å².